The Morgan fingerprint density at radius 1 is 1.24 bits per heavy atom. The van der Waals surface area contributed by atoms with Crippen molar-refractivity contribution in [2.75, 3.05) is 47.3 Å². The molecule has 2 unspecified atom stereocenters. The molecule has 1 aliphatic rings. The highest BCUT2D eigenvalue weighted by atomic mass is 16.3. The summed E-state index contributed by atoms with van der Waals surface area (Å²) in [4.78, 5) is 9.13. The van der Waals surface area contributed by atoms with Gasteiger partial charge in [0, 0.05) is 38.9 Å². The lowest BCUT2D eigenvalue weighted by Crippen LogP contribution is -2.46. The minimum absolute atomic E-state index is 0.213. The van der Waals surface area contributed by atoms with Crippen LogP contribution in [0.15, 0.2) is 40.2 Å². The second kappa shape index (κ2) is 10.5. The summed E-state index contributed by atoms with van der Waals surface area (Å²) in [6.07, 6.45) is 9.56. The summed E-state index contributed by atoms with van der Waals surface area (Å²) < 4.78 is 7.59. The van der Waals surface area contributed by atoms with E-state index in [4.69, 9.17) is 4.42 Å². The maximum atomic E-state index is 5.75. The first-order valence-corrected chi connectivity index (χ1v) is 10.5. The van der Waals surface area contributed by atoms with Crippen molar-refractivity contribution in [3.8, 4) is 0 Å². The Balaban J connectivity index is 1.59. The number of guanidine groups is 1. The van der Waals surface area contributed by atoms with Crippen molar-refractivity contribution in [1.29, 1.82) is 0 Å². The van der Waals surface area contributed by atoms with E-state index in [1.54, 1.807) is 6.26 Å². The summed E-state index contributed by atoms with van der Waals surface area (Å²) in [6, 6.07) is 4.47. The predicted octanol–water partition coefficient (Wildman–Crippen LogP) is 2.01. The molecule has 1 fully saturated rings. The Morgan fingerprint density at radius 2 is 2.00 bits per heavy atom. The normalized spacial score (nSPS) is 18.0. The smallest absolute Gasteiger partial charge is 0.191 e. The molecule has 1 saturated heterocycles. The number of likely N-dealkylation sites (tertiary alicyclic amines) is 1. The summed E-state index contributed by atoms with van der Waals surface area (Å²) >= 11 is 0. The molecular weight excluding hydrogens is 366 g/mol. The van der Waals surface area contributed by atoms with Crippen LogP contribution in [0.25, 0.3) is 0 Å². The van der Waals surface area contributed by atoms with Gasteiger partial charge in [0.25, 0.3) is 0 Å². The third-order valence-electron chi connectivity index (χ3n) is 5.59. The number of hydrogen-bond donors (Lipinski definition) is 2. The predicted molar refractivity (Wildman–Crippen MR) is 116 cm³/mol. The molecule has 8 nitrogen and oxygen atoms in total. The standard InChI is InChI=1S/C21H35N7O/c1-22-21(23-14-18(26(2)3)17-13-25-27(4)16-17)24-15-19(20-9-8-12-29-20)28-10-6-5-7-11-28/h8-9,12-13,16,18-19H,5-7,10-11,14-15H2,1-4H3,(H2,22,23,24). The van der Waals surface area contributed by atoms with Crippen LogP contribution in [-0.4, -0.2) is 72.9 Å². The van der Waals surface area contributed by atoms with Crippen LogP contribution in [0.5, 0.6) is 0 Å². The largest absolute Gasteiger partial charge is 0.468 e. The van der Waals surface area contributed by atoms with E-state index in [-0.39, 0.29) is 12.1 Å². The van der Waals surface area contributed by atoms with Gasteiger partial charge >= 0.3 is 0 Å². The van der Waals surface area contributed by atoms with Gasteiger partial charge in [-0.2, -0.15) is 5.10 Å². The second-order valence-corrected chi connectivity index (χ2v) is 7.89. The highest BCUT2D eigenvalue weighted by Crippen LogP contribution is 2.24. The quantitative estimate of drug-likeness (QED) is 0.521. The molecule has 0 aromatic carbocycles. The van der Waals surface area contributed by atoms with Gasteiger partial charge in [0.2, 0.25) is 0 Å². The number of nitrogens with zero attached hydrogens (tertiary/aromatic N) is 5. The van der Waals surface area contributed by atoms with Crippen LogP contribution in [0.3, 0.4) is 0 Å². The summed E-state index contributed by atoms with van der Waals surface area (Å²) in [5.74, 6) is 1.81. The van der Waals surface area contributed by atoms with Crippen molar-refractivity contribution in [2.45, 2.75) is 31.3 Å². The highest BCUT2D eigenvalue weighted by Gasteiger charge is 2.25. The van der Waals surface area contributed by atoms with Crippen LogP contribution < -0.4 is 10.6 Å². The van der Waals surface area contributed by atoms with Crippen LogP contribution in [0.2, 0.25) is 0 Å². The molecule has 0 bridgehead atoms. The molecule has 0 aliphatic carbocycles. The lowest BCUT2D eigenvalue weighted by molar-refractivity contribution is 0.146. The number of likely N-dealkylation sites (N-methyl/N-ethyl adjacent to an activating group) is 1. The van der Waals surface area contributed by atoms with Crippen LogP contribution in [0, 0.1) is 0 Å². The van der Waals surface area contributed by atoms with Crippen molar-refractivity contribution >= 4 is 5.96 Å². The van der Waals surface area contributed by atoms with Gasteiger partial charge in [-0.3, -0.25) is 14.6 Å². The summed E-state index contributed by atoms with van der Waals surface area (Å²) in [6.45, 7) is 3.73. The second-order valence-electron chi connectivity index (χ2n) is 7.89. The van der Waals surface area contributed by atoms with Crippen LogP contribution in [0.1, 0.15) is 42.7 Å². The number of aryl methyl sites for hydroxylation is 1. The molecule has 2 N–H and O–H groups in total. The highest BCUT2D eigenvalue weighted by molar-refractivity contribution is 5.79. The van der Waals surface area contributed by atoms with Gasteiger partial charge in [0.1, 0.15) is 5.76 Å². The zero-order valence-electron chi connectivity index (χ0n) is 18.1. The fourth-order valence-electron chi connectivity index (χ4n) is 3.94. The molecule has 8 heteroatoms. The van der Waals surface area contributed by atoms with Crippen LogP contribution >= 0.6 is 0 Å². The van der Waals surface area contributed by atoms with E-state index in [1.165, 1.54) is 24.8 Å². The Labute approximate surface area is 174 Å². The first-order chi connectivity index (χ1) is 14.1. The van der Waals surface area contributed by atoms with Crippen LogP contribution in [-0.2, 0) is 7.05 Å². The third-order valence-corrected chi connectivity index (χ3v) is 5.59. The molecule has 0 spiro atoms. The Hall–Kier alpha value is -2.32. The number of nitrogens with one attached hydrogen (secondary N) is 2. The Bertz CT molecular complexity index is 747. The minimum Gasteiger partial charge on any atom is -0.468 e. The number of aliphatic imine (C=N–C) groups is 1. The molecule has 2 aromatic rings. The molecule has 0 saturated carbocycles. The molecule has 3 rings (SSSR count). The summed E-state index contributed by atoms with van der Waals surface area (Å²) in [7, 11) is 7.92. The van der Waals surface area contributed by atoms with Crippen molar-refractivity contribution in [3.05, 3.63) is 42.1 Å². The fourth-order valence-corrected chi connectivity index (χ4v) is 3.94. The maximum Gasteiger partial charge on any atom is 0.191 e. The van der Waals surface area contributed by atoms with E-state index in [0.29, 0.717) is 0 Å². The van der Waals surface area contributed by atoms with Gasteiger partial charge in [-0.1, -0.05) is 6.42 Å². The summed E-state index contributed by atoms with van der Waals surface area (Å²) in [5, 5.41) is 11.3. The van der Waals surface area contributed by atoms with E-state index in [9.17, 15) is 0 Å². The lowest BCUT2D eigenvalue weighted by Gasteiger charge is -2.34. The van der Waals surface area contributed by atoms with Crippen molar-refractivity contribution in [3.63, 3.8) is 0 Å². The lowest BCUT2D eigenvalue weighted by atomic mass is 10.1. The average molecular weight is 402 g/mol. The summed E-state index contributed by atoms with van der Waals surface area (Å²) in [5.41, 5.74) is 1.18. The van der Waals surface area contributed by atoms with Gasteiger partial charge in [0.05, 0.1) is 24.5 Å². The van der Waals surface area contributed by atoms with Gasteiger partial charge in [0.15, 0.2) is 5.96 Å². The molecule has 0 amide bonds. The molecule has 29 heavy (non-hydrogen) atoms. The topological polar surface area (TPSA) is 73.9 Å². The Morgan fingerprint density at radius 3 is 2.59 bits per heavy atom. The van der Waals surface area contributed by atoms with Gasteiger partial charge in [-0.25, -0.2) is 0 Å². The number of rotatable bonds is 8. The molecule has 2 atom stereocenters. The molecule has 3 heterocycles. The first-order valence-electron chi connectivity index (χ1n) is 10.5. The van der Waals surface area contributed by atoms with Crippen LogP contribution in [0.4, 0.5) is 0 Å². The maximum absolute atomic E-state index is 5.75. The third kappa shape index (κ3) is 5.83. The zero-order chi connectivity index (χ0) is 20.6. The molecular formula is C21H35N7O. The minimum atomic E-state index is 0.213. The van der Waals surface area contributed by atoms with E-state index in [0.717, 1.165) is 37.9 Å². The van der Waals surface area contributed by atoms with E-state index in [1.807, 2.05) is 31.0 Å². The molecule has 160 valence electrons. The van der Waals surface area contributed by atoms with Gasteiger partial charge < -0.3 is 20.0 Å². The monoisotopic (exact) mass is 401 g/mol. The fraction of sp³-hybridized carbons (Fsp3) is 0.619. The molecule has 2 aromatic heterocycles. The SMILES string of the molecule is CN=C(NCC(c1cnn(C)c1)N(C)C)NCC(c1ccco1)N1CCCCC1. The van der Waals surface area contributed by atoms with Crippen molar-refractivity contribution < 1.29 is 4.42 Å². The Kier molecular flexibility index (Phi) is 7.71. The average Bonchev–Trinajstić information content (AvgIpc) is 3.39. The van der Waals surface area contributed by atoms with Gasteiger partial charge in [-0.15, -0.1) is 0 Å². The first kappa shape index (κ1) is 21.4. The zero-order valence-corrected chi connectivity index (χ0v) is 18.1. The van der Waals surface area contributed by atoms with Gasteiger partial charge in [-0.05, 0) is 52.2 Å². The number of hydrogen-bond acceptors (Lipinski definition) is 5. The van der Waals surface area contributed by atoms with E-state index in [2.05, 4.69) is 56.9 Å². The van der Waals surface area contributed by atoms with Crippen molar-refractivity contribution in [2.24, 2.45) is 12.0 Å². The van der Waals surface area contributed by atoms with Crippen molar-refractivity contribution in [1.82, 2.24) is 30.2 Å². The number of piperidine rings is 1. The number of aromatic nitrogens is 2. The molecule has 1 aliphatic heterocycles. The molecule has 0 radical (unpaired) electrons. The van der Waals surface area contributed by atoms with E-state index < -0.39 is 0 Å². The number of furan rings is 1. The van der Waals surface area contributed by atoms with E-state index >= 15 is 0 Å².